The van der Waals surface area contributed by atoms with Crippen molar-refractivity contribution in [3.63, 3.8) is 0 Å². The van der Waals surface area contributed by atoms with Crippen LogP contribution in [0.5, 0.6) is 0 Å². The van der Waals surface area contributed by atoms with Gasteiger partial charge in [-0.25, -0.2) is 0 Å². The van der Waals surface area contributed by atoms with Crippen molar-refractivity contribution in [1.82, 2.24) is 9.97 Å². The van der Waals surface area contributed by atoms with E-state index in [0.29, 0.717) is 5.69 Å². The summed E-state index contributed by atoms with van der Waals surface area (Å²) in [6, 6.07) is -1.07. The Bertz CT molecular complexity index is 392. The van der Waals surface area contributed by atoms with Crippen LogP contribution in [0.3, 0.4) is 0 Å². The summed E-state index contributed by atoms with van der Waals surface area (Å²) in [4.78, 5) is 19.2. The summed E-state index contributed by atoms with van der Waals surface area (Å²) in [7, 11) is 0. The summed E-state index contributed by atoms with van der Waals surface area (Å²) in [5, 5.41) is 8.75. The van der Waals surface area contributed by atoms with Crippen LogP contribution >= 0.6 is 0 Å². The van der Waals surface area contributed by atoms with Crippen molar-refractivity contribution in [2.75, 3.05) is 0 Å². The van der Waals surface area contributed by atoms with Gasteiger partial charge in [-0.05, 0) is 25.7 Å². The number of carbonyl (C=O) groups is 1. The molecule has 0 fully saturated rings. The zero-order valence-electron chi connectivity index (χ0n) is 8.31. The van der Waals surface area contributed by atoms with Crippen LogP contribution in [0.1, 0.15) is 36.0 Å². The molecule has 0 aliphatic heterocycles. The number of aromatic nitrogens is 2. The molecular weight excluding hydrogens is 194 g/mol. The molecule has 80 valence electrons. The predicted octanol–water partition coefficient (Wildman–Crippen LogP) is 0.440. The van der Waals surface area contributed by atoms with E-state index in [2.05, 4.69) is 9.97 Å². The highest BCUT2D eigenvalue weighted by Crippen LogP contribution is 2.18. The molecule has 1 aromatic heterocycles. The van der Waals surface area contributed by atoms with Crippen LogP contribution in [0.4, 0.5) is 0 Å². The number of carboxylic acids is 1. The second kappa shape index (κ2) is 3.94. The third-order valence-electron chi connectivity index (χ3n) is 2.61. The first-order chi connectivity index (χ1) is 7.18. The Labute approximate surface area is 87.4 Å². The van der Waals surface area contributed by atoms with Gasteiger partial charge in [0.2, 0.25) is 0 Å². The maximum Gasteiger partial charge on any atom is 0.326 e. The van der Waals surface area contributed by atoms with E-state index in [9.17, 15) is 4.79 Å². The second-order valence-corrected chi connectivity index (χ2v) is 3.71. The number of aryl methyl sites for hydroxylation is 2. The fourth-order valence-electron chi connectivity index (χ4n) is 1.74. The van der Waals surface area contributed by atoms with E-state index in [-0.39, 0.29) is 0 Å². The van der Waals surface area contributed by atoms with Gasteiger partial charge in [0, 0.05) is 0 Å². The SMILES string of the molecule is NC(C(=O)O)c1cnc2c(n1)CCCC2. The summed E-state index contributed by atoms with van der Waals surface area (Å²) >= 11 is 0. The molecule has 1 aliphatic carbocycles. The molecule has 2 rings (SSSR count). The lowest BCUT2D eigenvalue weighted by Gasteiger charge is -2.15. The van der Waals surface area contributed by atoms with Crippen molar-refractivity contribution in [3.8, 4) is 0 Å². The molecule has 0 bridgehead atoms. The average molecular weight is 207 g/mol. The van der Waals surface area contributed by atoms with Gasteiger partial charge < -0.3 is 10.8 Å². The van der Waals surface area contributed by atoms with Gasteiger partial charge in [-0.1, -0.05) is 0 Å². The second-order valence-electron chi connectivity index (χ2n) is 3.71. The normalized spacial score (nSPS) is 16.9. The van der Waals surface area contributed by atoms with Crippen LogP contribution in [0.25, 0.3) is 0 Å². The first kappa shape index (κ1) is 10.0. The topological polar surface area (TPSA) is 89.1 Å². The number of carboxylic acid groups (broad SMARTS) is 1. The molecule has 0 radical (unpaired) electrons. The van der Waals surface area contributed by atoms with Crippen LogP contribution in [0.15, 0.2) is 6.20 Å². The summed E-state index contributed by atoms with van der Waals surface area (Å²) < 4.78 is 0. The monoisotopic (exact) mass is 207 g/mol. The van der Waals surface area contributed by atoms with Gasteiger partial charge >= 0.3 is 5.97 Å². The molecule has 0 saturated carbocycles. The van der Waals surface area contributed by atoms with Crippen LogP contribution < -0.4 is 5.73 Å². The molecule has 0 spiro atoms. The van der Waals surface area contributed by atoms with Gasteiger partial charge in [0.15, 0.2) is 0 Å². The van der Waals surface area contributed by atoms with E-state index in [1.54, 1.807) is 0 Å². The number of aliphatic carboxylic acids is 1. The first-order valence-electron chi connectivity index (χ1n) is 5.01. The molecule has 5 nitrogen and oxygen atoms in total. The molecule has 0 saturated heterocycles. The van der Waals surface area contributed by atoms with Gasteiger partial charge in [0.1, 0.15) is 6.04 Å². The van der Waals surface area contributed by atoms with Gasteiger partial charge in [-0.2, -0.15) is 0 Å². The van der Waals surface area contributed by atoms with Crippen molar-refractivity contribution >= 4 is 5.97 Å². The molecule has 3 N–H and O–H groups in total. The van der Waals surface area contributed by atoms with Crippen LogP contribution in [-0.4, -0.2) is 21.0 Å². The number of hydrogen-bond donors (Lipinski definition) is 2. The quantitative estimate of drug-likeness (QED) is 0.734. The Hall–Kier alpha value is -1.49. The van der Waals surface area contributed by atoms with Crippen molar-refractivity contribution < 1.29 is 9.90 Å². The summed E-state index contributed by atoms with van der Waals surface area (Å²) in [5.41, 5.74) is 7.72. The Morgan fingerprint density at radius 2 is 2.07 bits per heavy atom. The first-order valence-corrected chi connectivity index (χ1v) is 5.01. The van der Waals surface area contributed by atoms with E-state index in [1.807, 2.05) is 0 Å². The molecule has 0 aromatic carbocycles. The molecule has 1 aromatic rings. The van der Waals surface area contributed by atoms with Crippen molar-refractivity contribution in [1.29, 1.82) is 0 Å². The summed E-state index contributed by atoms with van der Waals surface area (Å²) in [6.07, 6.45) is 5.51. The van der Waals surface area contributed by atoms with Gasteiger partial charge in [-0.3, -0.25) is 14.8 Å². The molecule has 1 heterocycles. The van der Waals surface area contributed by atoms with Crippen LogP contribution in [0.2, 0.25) is 0 Å². The fraction of sp³-hybridized carbons (Fsp3) is 0.500. The number of hydrogen-bond acceptors (Lipinski definition) is 4. The largest absolute Gasteiger partial charge is 0.480 e. The molecular formula is C10H13N3O2. The minimum absolute atomic E-state index is 0.350. The number of rotatable bonds is 2. The average Bonchev–Trinajstić information content (AvgIpc) is 2.27. The highest BCUT2D eigenvalue weighted by molar-refractivity contribution is 5.74. The summed E-state index contributed by atoms with van der Waals surface area (Å²) in [6.45, 7) is 0. The lowest BCUT2D eigenvalue weighted by Crippen LogP contribution is -2.23. The van der Waals surface area contributed by atoms with E-state index in [4.69, 9.17) is 10.8 Å². The lowest BCUT2D eigenvalue weighted by atomic mass is 10.0. The highest BCUT2D eigenvalue weighted by atomic mass is 16.4. The zero-order chi connectivity index (χ0) is 10.8. The maximum atomic E-state index is 10.7. The molecule has 1 aliphatic rings. The standard InChI is InChI=1S/C10H13N3O2/c11-9(10(14)15)8-5-12-6-3-1-2-4-7(6)13-8/h5,9H,1-4,11H2,(H,14,15). The lowest BCUT2D eigenvalue weighted by molar-refractivity contribution is -0.138. The van der Waals surface area contributed by atoms with Gasteiger partial charge in [-0.15, -0.1) is 0 Å². The van der Waals surface area contributed by atoms with Crippen molar-refractivity contribution in [2.45, 2.75) is 31.7 Å². The minimum atomic E-state index is -1.07. The molecule has 1 unspecified atom stereocenters. The molecule has 15 heavy (non-hydrogen) atoms. The van der Waals surface area contributed by atoms with Crippen molar-refractivity contribution in [3.05, 3.63) is 23.3 Å². The van der Waals surface area contributed by atoms with E-state index < -0.39 is 12.0 Å². The molecule has 1 atom stereocenters. The highest BCUT2D eigenvalue weighted by Gasteiger charge is 2.19. The minimum Gasteiger partial charge on any atom is -0.480 e. The fourth-order valence-corrected chi connectivity index (χ4v) is 1.74. The van der Waals surface area contributed by atoms with Crippen LogP contribution in [0, 0.1) is 0 Å². The third-order valence-corrected chi connectivity index (χ3v) is 2.61. The Kier molecular flexibility index (Phi) is 2.64. The molecule has 0 amide bonds. The number of nitrogens with two attached hydrogens (primary N) is 1. The van der Waals surface area contributed by atoms with Crippen molar-refractivity contribution in [2.24, 2.45) is 5.73 Å². The van der Waals surface area contributed by atoms with Crippen LogP contribution in [-0.2, 0) is 17.6 Å². The third kappa shape index (κ3) is 1.97. The predicted molar refractivity (Wildman–Crippen MR) is 53.2 cm³/mol. The van der Waals surface area contributed by atoms with Gasteiger partial charge in [0.05, 0.1) is 23.3 Å². The van der Waals surface area contributed by atoms with E-state index >= 15 is 0 Å². The Balaban J connectivity index is 2.31. The van der Waals surface area contributed by atoms with Gasteiger partial charge in [0.25, 0.3) is 0 Å². The Morgan fingerprint density at radius 1 is 1.40 bits per heavy atom. The number of fused-ring (bicyclic) bond motifs is 1. The number of nitrogens with zero attached hydrogens (tertiary/aromatic N) is 2. The molecule has 5 heteroatoms. The van der Waals surface area contributed by atoms with E-state index in [0.717, 1.165) is 37.1 Å². The maximum absolute atomic E-state index is 10.7. The zero-order valence-corrected chi connectivity index (χ0v) is 8.31. The Morgan fingerprint density at radius 3 is 2.73 bits per heavy atom. The summed E-state index contributed by atoms with van der Waals surface area (Å²) in [5.74, 6) is -1.07. The van der Waals surface area contributed by atoms with E-state index in [1.165, 1.54) is 6.20 Å². The smallest absolute Gasteiger partial charge is 0.326 e.